The Hall–Kier alpha value is -5.14. The molecule has 1 nitrogen and oxygen atoms in total. The molecule has 312 valence electrons. The second kappa shape index (κ2) is 12.9. The lowest BCUT2D eigenvalue weighted by Gasteiger charge is -2.34. The average Bonchev–Trinajstić information content (AvgIpc) is 3.66. The van der Waals surface area contributed by atoms with Gasteiger partial charge in [-0.1, -0.05) is 189 Å². The van der Waals surface area contributed by atoms with Crippen LogP contribution in [-0.2, 0) is 32.5 Å². The van der Waals surface area contributed by atoms with Crippen molar-refractivity contribution in [1.82, 2.24) is 0 Å². The third-order valence-electron chi connectivity index (χ3n) is 14.9. The summed E-state index contributed by atoms with van der Waals surface area (Å²) in [6.07, 6.45) is 0. The quantitative estimate of drug-likeness (QED) is 0.172. The highest BCUT2D eigenvalue weighted by Gasteiger charge is 2.44. The Kier molecular flexibility index (Phi) is 8.75. The van der Waals surface area contributed by atoms with Gasteiger partial charge in [-0.2, -0.15) is 0 Å². The van der Waals surface area contributed by atoms with Crippen LogP contribution in [0, 0.1) is 0 Å². The van der Waals surface area contributed by atoms with Gasteiger partial charge in [-0.15, -0.1) is 0 Å². The summed E-state index contributed by atoms with van der Waals surface area (Å²) in [5.74, 6) is 0. The molecular formula is C60H67N. The van der Waals surface area contributed by atoms with E-state index in [-0.39, 0.29) is 32.5 Å². The minimum Gasteiger partial charge on any atom is -0.309 e. The first-order valence-corrected chi connectivity index (χ1v) is 22.6. The van der Waals surface area contributed by atoms with Crippen molar-refractivity contribution in [3.63, 3.8) is 0 Å². The van der Waals surface area contributed by atoms with Crippen LogP contribution in [0.4, 0.5) is 17.1 Å². The summed E-state index contributed by atoms with van der Waals surface area (Å²) in [4.78, 5) is 2.67. The van der Waals surface area contributed by atoms with Crippen molar-refractivity contribution in [2.75, 3.05) is 4.90 Å². The molecule has 3 aliphatic carbocycles. The van der Waals surface area contributed by atoms with E-state index in [4.69, 9.17) is 0 Å². The van der Waals surface area contributed by atoms with Gasteiger partial charge >= 0.3 is 0 Å². The molecule has 0 saturated heterocycles. The summed E-state index contributed by atoms with van der Waals surface area (Å²) in [7, 11) is 0. The number of anilines is 3. The fourth-order valence-corrected chi connectivity index (χ4v) is 10.9. The molecule has 0 unspecified atom stereocenters. The summed E-state index contributed by atoms with van der Waals surface area (Å²) in [6.45, 7) is 42.4. The van der Waals surface area contributed by atoms with Crippen LogP contribution in [0.3, 0.4) is 0 Å². The Morgan fingerprint density at radius 1 is 0.426 bits per heavy atom. The molecule has 1 heteroatoms. The summed E-state index contributed by atoms with van der Waals surface area (Å²) < 4.78 is 0. The van der Waals surface area contributed by atoms with E-state index in [0.717, 1.165) is 5.57 Å². The highest BCUT2D eigenvalue weighted by Crippen LogP contribution is 2.61. The minimum absolute atomic E-state index is 0.0351. The van der Waals surface area contributed by atoms with E-state index in [1.54, 1.807) is 0 Å². The van der Waals surface area contributed by atoms with Crippen LogP contribution in [0.15, 0.2) is 110 Å². The normalized spacial score (nSPS) is 16.3. The first-order valence-electron chi connectivity index (χ1n) is 22.6. The van der Waals surface area contributed by atoms with Gasteiger partial charge in [0.1, 0.15) is 0 Å². The van der Waals surface area contributed by atoms with E-state index in [9.17, 15) is 0 Å². The van der Waals surface area contributed by atoms with Gasteiger partial charge in [0.05, 0.1) is 11.4 Å². The van der Waals surface area contributed by atoms with Crippen molar-refractivity contribution in [1.29, 1.82) is 0 Å². The van der Waals surface area contributed by atoms with Gasteiger partial charge in [0.15, 0.2) is 0 Å². The Labute approximate surface area is 368 Å². The lowest BCUT2D eigenvalue weighted by atomic mass is 9.77. The molecule has 0 aromatic heterocycles. The van der Waals surface area contributed by atoms with E-state index in [2.05, 4.69) is 225 Å². The predicted molar refractivity (Wildman–Crippen MR) is 265 cm³/mol. The molecule has 0 atom stereocenters. The molecule has 9 rings (SSSR count). The standard InChI is InChI=1S/C60H67N/c1-35(2)36-28-49-53(43-25-22-37(55(3,4)5)30-46(43)59(49,14)15)51(29-36)61(40-24-27-42-41-20-18-19-21-45(41)58(12,13)48(42)34-40)52-33-39(57(9,10)11)32-50-54(52)44-26-23-38(56(6,7)8)31-47(44)60(50,16)17/h18-34H,1H2,2-17H3. The van der Waals surface area contributed by atoms with Crippen LogP contribution < -0.4 is 4.90 Å². The molecule has 0 bridgehead atoms. The number of hydrogen-bond acceptors (Lipinski definition) is 1. The van der Waals surface area contributed by atoms with Crippen molar-refractivity contribution in [2.45, 2.75) is 143 Å². The minimum atomic E-state index is -0.216. The van der Waals surface area contributed by atoms with Crippen LogP contribution >= 0.6 is 0 Å². The third-order valence-corrected chi connectivity index (χ3v) is 14.9. The first-order chi connectivity index (χ1) is 28.2. The Balaban J connectivity index is 1.44. The zero-order chi connectivity index (χ0) is 44.1. The van der Waals surface area contributed by atoms with Crippen LogP contribution in [0.25, 0.3) is 39.0 Å². The van der Waals surface area contributed by atoms with Crippen molar-refractivity contribution in [3.8, 4) is 33.4 Å². The van der Waals surface area contributed by atoms with Gasteiger partial charge < -0.3 is 4.90 Å². The molecular weight excluding hydrogens is 735 g/mol. The van der Waals surface area contributed by atoms with Crippen molar-refractivity contribution < 1.29 is 0 Å². The molecule has 0 fully saturated rings. The number of allylic oxidation sites excluding steroid dienone is 1. The summed E-state index contributed by atoms with van der Waals surface area (Å²) in [5.41, 5.74) is 25.8. The van der Waals surface area contributed by atoms with Crippen LogP contribution in [0.1, 0.15) is 166 Å². The summed E-state index contributed by atoms with van der Waals surface area (Å²) >= 11 is 0. The molecule has 0 N–H and O–H groups in total. The molecule has 0 saturated carbocycles. The fraction of sp³-hybridized carbons (Fsp3) is 0.367. The maximum atomic E-state index is 4.59. The van der Waals surface area contributed by atoms with Gasteiger partial charge in [-0.25, -0.2) is 0 Å². The van der Waals surface area contributed by atoms with Crippen LogP contribution in [-0.4, -0.2) is 0 Å². The van der Waals surface area contributed by atoms with E-state index < -0.39 is 0 Å². The molecule has 0 amide bonds. The second-order valence-corrected chi connectivity index (χ2v) is 23.4. The maximum absolute atomic E-state index is 4.59. The van der Waals surface area contributed by atoms with Crippen molar-refractivity contribution >= 4 is 22.6 Å². The number of hydrogen-bond donors (Lipinski definition) is 0. The maximum Gasteiger partial charge on any atom is 0.0549 e. The monoisotopic (exact) mass is 802 g/mol. The van der Waals surface area contributed by atoms with Gasteiger partial charge in [0.2, 0.25) is 0 Å². The van der Waals surface area contributed by atoms with Crippen molar-refractivity contribution in [3.05, 3.63) is 165 Å². The smallest absolute Gasteiger partial charge is 0.0549 e. The van der Waals surface area contributed by atoms with E-state index in [0.29, 0.717) is 0 Å². The number of benzene rings is 6. The highest BCUT2D eigenvalue weighted by molar-refractivity contribution is 6.02. The van der Waals surface area contributed by atoms with E-state index in [1.807, 2.05) is 0 Å². The van der Waals surface area contributed by atoms with Gasteiger partial charge in [-0.05, 0) is 131 Å². The highest BCUT2D eigenvalue weighted by atomic mass is 15.2. The largest absolute Gasteiger partial charge is 0.309 e. The molecule has 6 aromatic rings. The molecule has 3 aliphatic rings. The lowest BCUT2D eigenvalue weighted by Crippen LogP contribution is -2.21. The van der Waals surface area contributed by atoms with Gasteiger partial charge in [0, 0.05) is 33.1 Å². The van der Waals surface area contributed by atoms with Crippen molar-refractivity contribution in [2.24, 2.45) is 0 Å². The summed E-state index contributed by atoms with van der Waals surface area (Å²) in [6, 6.07) is 41.0. The zero-order valence-electron chi connectivity index (χ0n) is 40.0. The molecule has 0 heterocycles. The fourth-order valence-electron chi connectivity index (χ4n) is 10.9. The Morgan fingerprint density at radius 2 is 0.852 bits per heavy atom. The van der Waals surface area contributed by atoms with Crippen LogP contribution in [0.2, 0.25) is 0 Å². The first kappa shape index (κ1) is 41.2. The third kappa shape index (κ3) is 6.07. The number of nitrogens with zero attached hydrogens (tertiary/aromatic N) is 1. The second-order valence-electron chi connectivity index (χ2n) is 23.4. The predicted octanol–water partition coefficient (Wildman–Crippen LogP) is 17.0. The van der Waals surface area contributed by atoms with E-state index in [1.165, 1.54) is 106 Å². The summed E-state index contributed by atoms with van der Waals surface area (Å²) in [5, 5.41) is 0. The number of rotatable bonds is 4. The molecule has 0 aliphatic heterocycles. The zero-order valence-corrected chi connectivity index (χ0v) is 40.0. The lowest BCUT2D eigenvalue weighted by molar-refractivity contribution is 0.580. The average molecular weight is 802 g/mol. The SMILES string of the molecule is C=C(C)c1cc(N(c2ccc3c(c2)C(C)(C)c2ccccc2-3)c2cc(C(C)(C)C)cc3c2-c2ccc(C(C)(C)C)cc2C3(C)C)c2c(c1)C(C)(C)c1cc(C(C)(C)C)ccc1-2. The van der Waals surface area contributed by atoms with Gasteiger partial charge in [0.25, 0.3) is 0 Å². The Morgan fingerprint density at radius 3 is 1.38 bits per heavy atom. The van der Waals surface area contributed by atoms with Crippen LogP contribution in [0.5, 0.6) is 0 Å². The Bertz CT molecular complexity index is 2850. The molecule has 0 spiro atoms. The molecule has 61 heavy (non-hydrogen) atoms. The molecule has 0 radical (unpaired) electrons. The molecule has 6 aromatic carbocycles. The topological polar surface area (TPSA) is 3.24 Å². The number of fused-ring (bicyclic) bond motifs is 9. The van der Waals surface area contributed by atoms with E-state index >= 15 is 0 Å². The van der Waals surface area contributed by atoms with Gasteiger partial charge in [-0.3, -0.25) is 0 Å².